The largest absolute Gasteiger partial charge is 0.261 e. The average Bonchev–Trinajstić information content (AvgIpc) is 2.62. The monoisotopic (exact) mass is 339 g/mol. The highest BCUT2D eigenvalue weighted by molar-refractivity contribution is 7.98. The van der Waals surface area contributed by atoms with Gasteiger partial charge in [-0.3, -0.25) is 4.98 Å². The molecule has 0 amide bonds. The van der Waals surface area contributed by atoms with Gasteiger partial charge in [0.25, 0.3) is 0 Å². The molecule has 0 unspecified atom stereocenters. The van der Waals surface area contributed by atoms with E-state index in [1.807, 2.05) is 18.4 Å². The van der Waals surface area contributed by atoms with Crippen LogP contribution in [-0.4, -0.2) is 26.2 Å². The van der Waals surface area contributed by atoms with Crippen molar-refractivity contribution >= 4 is 23.4 Å². The summed E-state index contributed by atoms with van der Waals surface area (Å²) < 4.78 is 0. The fourth-order valence-corrected chi connectivity index (χ4v) is 2.68. The van der Waals surface area contributed by atoms with Crippen LogP contribution in [0.2, 0.25) is 5.02 Å². The lowest BCUT2D eigenvalue weighted by Gasteiger charge is -2.09. The van der Waals surface area contributed by atoms with Crippen molar-refractivity contribution in [3.63, 3.8) is 0 Å². The summed E-state index contributed by atoms with van der Waals surface area (Å²) in [5.41, 5.74) is 2.35. The molecule has 0 N–H and O–H groups in total. The zero-order valence-electron chi connectivity index (χ0n) is 12.1. The van der Waals surface area contributed by atoms with Crippen molar-refractivity contribution in [2.24, 2.45) is 0 Å². The maximum atomic E-state index is 9.51. The second kappa shape index (κ2) is 6.73. The van der Waals surface area contributed by atoms with Crippen LogP contribution in [0.15, 0.2) is 47.9 Å². The van der Waals surface area contributed by atoms with Crippen LogP contribution in [0.3, 0.4) is 0 Å². The highest BCUT2D eigenvalue weighted by Gasteiger charge is 2.17. The van der Waals surface area contributed by atoms with Crippen molar-refractivity contribution in [2.75, 3.05) is 6.26 Å². The lowest BCUT2D eigenvalue weighted by Crippen LogP contribution is -2.01. The maximum absolute atomic E-state index is 9.51. The van der Waals surface area contributed by atoms with Crippen molar-refractivity contribution in [3.8, 4) is 28.8 Å². The zero-order valence-corrected chi connectivity index (χ0v) is 13.6. The SMILES string of the molecule is CSc1nc(-c2cnccn2)nc(-c2ccc(Cl)cc2)c1C#N. The molecule has 2 aromatic heterocycles. The first-order valence-electron chi connectivity index (χ1n) is 6.61. The molecule has 0 bridgehead atoms. The number of benzene rings is 1. The summed E-state index contributed by atoms with van der Waals surface area (Å²) in [5, 5.41) is 10.7. The molecule has 112 valence electrons. The third-order valence-electron chi connectivity index (χ3n) is 3.09. The molecular weight excluding hydrogens is 330 g/mol. The van der Waals surface area contributed by atoms with E-state index in [1.54, 1.807) is 30.7 Å². The van der Waals surface area contributed by atoms with Crippen LogP contribution in [0.4, 0.5) is 0 Å². The van der Waals surface area contributed by atoms with E-state index in [1.165, 1.54) is 11.8 Å². The van der Waals surface area contributed by atoms with E-state index in [0.717, 1.165) is 5.56 Å². The Morgan fingerprint density at radius 1 is 1.13 bits per heavy atom. The molecule has 7 heteroatoms. The third-order valence-corrected chi connectivity index (χ3v) is 4.02. The van der Waals surface area contributed by atoms with E-state index < -0.39 is 0 Å². The van der Waals surface area contributed by atoms with Crippen molar-refractivity contribution < 1.29 is 0 Å². The molecule has 0 aliphatic carbocycles. The number of hydrogen-bond acceptors (Lipinski definition) is 6. The first-order chi connectivity index (χ1) is 11.2. The average molecular weight is 340 g/mol. The Balaban J connectivity index is 2.25. The van der Waals surface area contributed by atoms with Gasteiger partial charge in [-0.05, 0) is 18.4 Å². The number of aromatic nitrogens is 4. The van der Waals surface area contributed by atoms with Crippen LogP contribution in [0.1, 0.15) is 5.56 Å². The van der Waals surface area contributed by atoms with Gasteiger partial charge in [0.15, 0.2) is 5.82 Å². The van der Waals surface area contributed by atoms with E-state index in [4.69, 9.17) is 11.6 Å². The number of nitrogens with zero attached hydrogens (tertiary/aromatic N) is 5. The molecule has 0 spiro atoms. The molecule has 5 nitrogen and oxygen atoms in total. The molecule has 0 saturated carbocycles. The Bertz CT molecular complexity index is 875. The lowest BCUT2D eigenvalue weighted by atomic mass is 10.1. The molecule has 0 atom stereocenters. The predicted molar refractivity (Wildman–Crippen MR) is 90.0 cm³/mol. The number of halogens is 1. The van der Waals surface area contributed by atoms with E-state index >= 15 is 0 Å². The lowest BCUT2D eigenvalue weighted by molar-refractivity contribution is 1.02. The normalized spacial score (nSPS) is 10.3. The van der Waals surface area contributed by atoms with Crippen LogP contribution in [0.5, 0.6) is 0 Å². The van der Waals surface area contributed by atoms with E-state index in [0.29, 0.717) is 32.8 Å². The standard InChI is InChI=1S/C16H10ClN5S/c1-23-16-12(8-18)14(10-2-4-11(17)5-3-10)21-15(22-16)13-9-19-6-7-20-13/h2-7,9H,1H3. The smallest absolute Gasteiger partial charge is 0.181 e. The summed E-state index contributed by atoms with van der Waals surface area (Å²) in [6.07, 6.45) is 6.63. The zero-order chi connectivity index (χ0) is 16.2. The molecule has 0 radical (unpaired) electrons. The van der Waals surface area contributed by atoms with Gasteiger partial charge in [-0.2, -0.15) is 5.26 Å². The Kier molecular flexibility index (Phi) is 4.51. The summed E-state index contributed by atoms with van der Waals surface area (Å²) in [6, 6.07) is 9.38. The number of hydrogen-bond donors (Lipinski definition) is 0. The highest BCUT2D eigenvalue weighted by atomic mass is 35.5. The quantitative estimate of drug-likeness (QED) is 0.533. The second-order valence-corrected chi connectivity index (χ2v) is 5.72. The molecular formula is C16H10ClN5S. The van der Waals surface area contributed by atoms with Gasteiger partial charge >= 0.3 is 0 Å². The van der Waals surface area contributed by atoms with E-state index in [-0.39, 0.29) is 0 Å². The van der Waals surface area contributed by atoms with Gasteiger partial charge in [0, 0.05) is 23.0 Å². The topological polar surface area (TPSA) is 75.3 Å². The maximum Gasteiger partial charge on any atom is 0.181 e. The first-order valence-corrected chi connectivity index (χ1v) is 8.21. The molecule has 0 aliphatic rings. The Morgan fingerprint density at radius 3 is 2.52 bits per heavy atom. The van der Waals surface area contributed by atoms with Gasteiger partial charge in [0.1, 0.15) is 22.4 Å². The van der Waals surface area contributed by atoms with Crippen LogP contribution in [0, 0.1) is 11.3 Å². The summed E-state index contributed by atoms with van der Waals surface area (Å²) in [7, 11) is 0. The van der Waals surface area contributed by atoms with Crippen molar-refractivity contribution in [1.82, 2.24) is 19.9 Å². The van der Waals surface area contributed by atoms with Crippen LogP contribution in [0.25, 0.3) is 22.8 Å². The van der Waals surface area contributed by atoms with Gasteiger partial charge in [0.2, 0.25) is 0 Å². The third kappa shape index (κ3) is 3.16. The predicted octanol–water partition coefficient (Wildman–Crippen LogP) is 3.85. The molecule has 23 heavy (non-hydrogen) atoms. The van der Waals surface area contributed by atoms with E-state index in [9.17, 15) is 5.26 Å². The Hall–Kier alpha value is -2.49. The van der Waals surface area contributed by atoms with Crippen molar-refractivity contribution in [3.05, 3.63) is 53.4 Å². The van der Waals surface area contributed by atoms with Crippen LogP contribution in [-0.2, 0) is 0 Å². The van der Waals surface area contributed by atoms with Gasteiger partial charge in [-0.25, -0.2) is 15.0 Å². The Morgan fingerprint density at radius 2 is 1.91 bits per heavy atom. The number of nitriles is 1. The van der Waals surface area contributed by atoms with Gasteiger partial charge in [-0.1, -0.05) is 23.7 Å². The highest BCUT2D eigenvalue weighted by Crippen LogP contribution is 2.30. The van der Waals surface area contributed by atoms with Crippen LogP contribution < -0.4 is 0 Å². The molecule has 3 rings (SSSR count). The Labute approximate surface area is 142 Å². The molecule has 0 saturated heterocycles. The summed E-state index contributed by atoms with van der Waals surface area (Å²) in [6.45, 7) is 0. The van der Waals surface area contributed by atoms with E-state index in [2.05, 4.69) is 26.0 Å². The summed E-state index contributed by atoms with van der Waals surface area (Å²) in [5.74, 6) is 0.436. The van der Waals surface area contributed by atoms with Gasteiger partial charge in [0.05, 0.1) is 11.9 Å². The molecule has 0 fully saturated rings. The number of rotatable bonds is 3. The second-order valence-electron chi connectivity index (χ2n) is 4.49. The van der Waals surface area contributed by atoms with Crippen LogP contribution >= 0.6 is 23.4 Å². The minimum absolute atomic E-state index is 0.436. The first kappa shape index (κ1) is 15.4. The van der Waals surface area contributed by atoms with Gasteiger partial charge < -0.3 is 0 Å². The molecule has 3 aromatic rings. The molecule has 0 aliphatic heterocycles. The minimum atomic E-state index is 0.436. The summed E-state index contributed by atoms with van der Waals surface area (Å²) in [4.78, 5) is 17.2. The fraction of sp³-hybridized carbons (Fsp3) is 0.0625. The molecule has 2 heterocycles. The fourth-order valence-electron chi connectivity index (χ4n) is 2.03. The molecule has 1 aromatic carbocycles. The van der Waals surface area contributed by atoms with Crippen molar-refractivity contribution in [1.29, 1.82) is 5.26 Å². The minimum Gasteiger partial charge on any atom is -0.261 e. The number of thioether (sulfide) groups is 1. The van der Waals surface area contributed by atoms with Gasteiger partial charge in [-0.15, -0.1) is 11.8 Å². The van der Waals surface area contributed by atoms with Crippen molar-refractivity contribution in [2.45, 2.75) is 5.03 Å². The summed E-state index contributed by atoms with van der Waals surface area (Å²) >= 11 is 7.33.